The predicted octanol–water partition coefficient (Wildman–Crippen LogP) is 1.57. The Balaban J connectivity index is 2.31. The molecule has 0 fully saturated rings. The summed E-state index contributed by atoms with van der Waals surface area (Å²) in [6.07, 6.45) is 0. The van der Waals surface area contributed by atoms with Gasteiger partial charge in [-0.2, -0.15) is 0 Å². The summed E-state index contributed by atoms with van der Waals surface area (Å²) in [5, 5.41) is 8.99. The van der Waals surface area contributed by atoms with Crippen molar-refractivity contribution >= 4 is 0 Å². The minimum atomic E-state index is 0.178. The van der Waals surface area contributed by atoms with Gasteiger partial charge in [-0.3, -0.25) is 4.90 Å². The topological polar surface area (TPSA) is 23.5 Å². The first-order valence-electron chi connectivity index (χ1n) is 5.46. The van der Waals surface area contributed by atoms with Crippen molar-refractivity contribution in [3.63, 3.8) is 0 Å². The SMILES string of the molecule is CC1(C)CN(CCO)Cc2c[c]ccc21. The Morgan fingerprint density at radius 2 is 2.33 bits per heavy atom. The van der Waals surface area contributed by atoms with E-state index in [1.807, 2.05) is 6.07 Å². The highest BCUT2D eigenvalue weighted by Gasteiger charge is 2.30. The third-order valence-electron chi connectivity index (χ3n) is 3.11. The lowest BCUT2D eigenvalue weighted by atomic mass is 9.78. The highest BCUT2D eigenvalue weighted by Crippen LogP contribution is 2.32. The van der Waals surface area contributed by atoms with E-state index in [-0.39, 0.29) is 12.0 Å². The molecule has 2 heteroatoms. The molecule has 0 bridgehead atoms. The van der Waals surface area contributed by atoms with Crippen molar-refractivity contribution < 1.29 is 5.11 Å². The number of fused-ring (bicyclic) bond motifs is 1. The van der Waals surface area contributed by atoms with E-state index in [1.165, 1.54) is 11.1 Å². The zero-order valence-corrected chi connectivity index (χ0v) is 9.45. The zero-order chi connectivity index (χ0) is 10.9. The first-order valence-corrected chi connectivity index (χ1v) is 5.46. The Morgan fingerprint density at radius 1 is 1.53 bits per heavy atom. The molecule has 1 aliphatic heterocycles. The second-order valence-electron chi connectivity index (χ2n) is 4.90. The molecule has 0 spiro atoms. The molecule has 1 aromatic rings. The van der Waals surface area contributed by atoms with E-state index in [0.717, 1.165) is 19.6 Å². The second kappa shape index (κ2) is 3.95. The molecule has 2 nitrogen and oxygen atoms in total. The molecule has 1 heterocycles. The molecule has 0 aromatic heterocycles. The molecular formula is C13H18NO. The van der Waals surface area contributed by atoms with Gasteiger partial charge < -0.3 is 5.11 Å². The zero-order valence-electron chi connectivity index (χ0n) is 9.45. The summed E-state index contributed by atoms with van der Waals surface area (Å²) in [6, 6.07) is 9.36. The molecule has 2 rings (SSSR count). The van der Waals surface area contributed by atoms with Gasteiger partial charge in [0.25, 0.3) is 0 Å². The minimum absolute atomic E-state index is 0.178. The van der Waals surface area contributed by atoms with Gasteiger partial charge in [0.05, 0.1) is 6.61 Å². The Morgan fingerprint density at radius 3 is 3.07 bits per heavy atom. The molecule has 1 N–H and O–H groups in total. The Hall–Kier alpha value is -0.860. The molecule has 81 valence electrons. The predicted molar refractivity (Wildman–Crippen MR) is 60.7 cm³/mol. The van der Waals surface area contributed by atoms with Crippen LogP contribution < -0.4 is 0 Å². The van der Waals surface area contributed by atoms with Gasteiger partial charge in [-0.25, -0.2) is 0 Å². The molecule has 0 aliphatic carbocycles. The first-order chi connectivity index (χ1) is 7.13. The van der Waals surface area contributed by atoms with Crippen LogP contribution in [-0.4, -0.2) is 29.7 Å². The Labute approximate surface area is 91.5 Å². The van der Waals surface area contributed by atoms with Crippen LogP contribution in [0, 0.1) is 6.07 Å². The quantitative estimate of drug-likeness (QED) is 0.790. The van der Waals surface area contributed by atoms with Crippen LogP contribution in [0.3, 0.4) is 0 Å². The van der Waals surface area contributed by atoms with Crippen LogP contribution in [0.2, 0.25) is 0 Å². The third kappa shape index (κ3) is 2.06. The molecule has 0 unspecified atom stereocenters. The van der Waals surface area contributed by atoms with E-state index < -0.39 is 0 Å². The van der Waals surface area contributed by atoms with Crippen molar-refractivity contribution in [1.29, 1.82) is 0 Å². The van der Waals surface area contributed by atoms with Crippen LogP contribution >= 0.6 is 0 Å². The first kappa shape index (κ1) is 10.7. The average molecular weight is 204 g/mol. The lowest BCUT2D eigenvalue weighted by molar-refractivity contribution is 0.151. The number of rotatable bonds is 2. The van der Waals surface area contributed by atoms with Gasteiger partial charge in [0.1, 0.15) is 0 Å². The summed E-state index contributed by atoms with van der Waals surface area (Å²) in [4.78, 5) is 2.30. The molecule has 0 amide bonds. The third-order valence-corrected chi connectivity index (χ3v) is 3.11. The molecule has 1 radical (unpaired) electrons. The van der Waals surface area contributed by atoms with Crippen molar-refractivity contribution in [3.8, 4) is 0 Å². The molecule has 15 heavy (non-hydrogen) atoms. The second-order valence-corrected chi connectivity index (χ2v) is 4.90. The summed E-state index contributed by atoms with van der Waals surface area (Å²) in [5.41, 5.74) is 2.95. The lowest BCUT2D eigenvalue weighted by Gasteiger charge is -2.39. The summed E-state index contributed by atoms with van der Waals surface area (Å²) >= 11 is 0. The van der Waals surface area contributed by atoms with E-state index in [1.54, 1.807) is 0 Å². The lowest BCUT2D eigenvalue weighted by Crippen LogP contribution is -2.43. The highest BCUT2D eigenvalue weighted by atomic mass is 16.3. The number of aliphatic hydroxyl groups is 1. The summed E-state index contributed by atoms with van der Waals surface area (Å²) in [5.74, 6) is 0. The van der Waals surface area contributed by atoms with E-state index in [4.69, 9.17) is 5.11 Å². The van der Waals surface area contributed by atoms with Crippen LogP contribution in [-0.2, 0) is 12.0 Å². The number of β-amino-alcohol motifs (C(OH)–C–C–N with tert-alkyl or cyclic N) is 1. The smallest absolute Gasteiger partial charge is 0.0558 e. The number of hydrogen-bond donors (Lipinski definition) is 1. The minimum Gasteiger partial charge on any atom is -0.395 e. The summed E-state index contributed by atoms with van der Waals surface area (Å²) in [7, 11) is 0. The van der Waals surface area contributed by atoms with Gasteiger partial charge in [-0.05, 0) is 23.3 Å². The Bertz CT molecular complexity index is 346. The van der Waals surface area contributed by atoms with Crippen LogP contribution in [0.5, 0.6) is 0 Å². The summed E-state index contributed by atoms with van der Waals surface area (Å²) < 4.78 is 0. The van der Waals surface area contributed by atoms with Crippen molar-refractivity contribution in [3.05, 3.63) is 35.4 Å². The van der Waals surface area contributed by atoms with Gasteiger partial charge in [-0.15, -0.1) is 0 Å². The van der Waals surface area contributed by atoms with Crippen molar-refractivity contribution in [2.45, 2.75) is 25.8 Å². The van der Waals surface area contributed by atoms with Crippen LogP contribution in [0.4, 0.5) is 0 Å². The fraction of sp³-hybridized carbons (Fsp3) is 0.538. The molecular weight excluding hydrogens is 186 g/mol. The largest absolute Gasteiger partial charge is 0.395 e. The van der Waals surface area contributed by atoms with Gasteiger partial charge in [0, 0.05) is 25.0 Å². The normalized spacial score (nSPS) is 19.9. The standard InChI is InChI=1S/C13H18NO/c1-13(2)10-14(7-8-15)9-11-5-3-4-6-12(11)13/h4-6,15H,7-10H2,1-2H3. The number of benzene rings is 1. The molecule has 0 saturated carbocycles. The van der Waals surface area contributed by atoms with E-state index in [0.29, 0.717) is 0 Å². The van der Waals surface area contributed by atoms with E-state index in [2.05, 4.69) is 36.9 Å². The maximum absolute atomic E-state index is 8.99. The van der Waals surface area contributed by atoms with Crippen LogP contribution in [0.15, 0.2) is 18.2 Å². The molecule has 0 saturated heterocycles. The average Bonchev–Trinajstić information content (AvgIpc) is 2.17. The van der Waals surface area contributed by atoms with E-state index in [9.17, 15) is 0 Å². The highest BCUT2D eigenvalue weighted by molar-refractivity contribution is 5.35. The number of hydrogen-bond acceptors (Lipinski definition) is 2. The van der Waals surface area contributed by atoms with Crippen molar-refractivity contribution in [2.24, 2.45) is 0 Å². The maximum atomic E-state index is 8.99. The van der Waals surface area contributed by atoms with E-state index >= 15 is 0 Å². The van der Waals surface area contributed by atoms with Crippen LogP contribution in [0.1, 0.15) is 25.0 Å². The van der Waals surface area contributed by atoms with Crippen molar-refractivity contribution in [1.82, 2.24) is 4.90 Å². The van der Waals surface area contributed by atoms with Crippen molar-refractivity contribution in [2.75, 3.05) is 19.7 Å². The monoisotopic (exact) mass is 204 g/mol. The fourth-order valence-corrected chi connectivity index (χ4v) is 2.50. The molecule has 0 atom stereocenters. The van der Waals surface area contributed by atoms with Crippen LogP contribution in [0.25, 0.3) is 0 Å². The van der Waals surface area contributed by atoms with Gasteiger partial charge in [0.2, 0.25) is 0 Å². The molecule has 1 aliphatic rings. The summed E-state index contributed by atoms with van der Waals surface area (Å²) in [6.45, 7) is 7.48. The Kier molecular flexibility index (Phi) is 2.81. The van der Waals surface area contributed by atoms with Gasteiger partial charge in [0.15, 0.2) is 0 Å². The van der Waals surface area contributed by atoms with Gasteiger partial charge >= 0.3 is 0 Å². The number of aliphatic hydroxyl groups excluding tert-OH is 1. The fourth-order valence-electron chi connectivity index (χ4n) is 2.50. The number of nitrogens with zero attached hydrogens (tertiary/aromatic N) is 1. The maximum Gasteiger partial charge on any atom is 0.0558 e. The molecule has 1 aromatic carbocycles. The van der Waals surface area contributed by atoms with Gasteiger partial charge in [-0.1, -0.05) is 26.0 Å².